The second-order valence-electron chi connectivity index (χ2n) is 4.52. The van der Waals surface area contributed by atoms with Gasteiger partial charge in [-0.05, 0) is 18.2 Å². The Labute approximate surface area is 128 Å². The fourth-order valence-electron chi connectivity index (χ4n) is 2.07. The largest absolute Gasteiger partial charge is 0.340 e. The molecule has 0 aliphatic carbocycles. The van der Waals surface area contributed by atoms with E-state index in [0.29, 0.717) is 13.1 Å². The first kappa shape index (κ1) is 15.6. The smallest absolute Gasteiger partial charge is 0.243 e. The van der Waals surface area contributed by atoms with Gasteiger partial charge in [-0.15, -0.1) is 0 Å². The zero-order valence-corrected chi connectivity index (χ0v) is 13.2. The molecular formula is C12H14Cl2N2O3S. The van der Waals surface area contributed by atoms with Crippen LogP contribution in [0.2, 0.25) is 10.0 Å². The van der Waals surface area contributed by atoms with E-state index < -0.39 is 10.0 Å². The van der Waals surface area contributed by atoms with Gasteiger partial charge in [-0.2, -0.15) is 4.31 Å². The van der Waals surface area contributed by atoms with Crippen molar-refractivity contribution in [3.63, 3.8) is 0 Å². The summed E-state index contributed by atoms with van der Waals surface area (Å²) in [7, 11) is -3.63. The number of carbonyl (C=O) groups excluding carboxylic acids is 1. The average molecular weight is 337 g/mol. The van der Waals surface area contributed by atoms with Crippen LogP contribution in [0.1, 0.15) is 6.92 Å². The van der Waals surface area contributed by atoms with E-state index in [4.69, 9.17) is 23.2 Å². The maximum Gasteiger partial charge on any atom is 0.243 e. The number of halogens is 2. The van der Waals surface area contributed by atoms with Crippen LogP contribution in [-0.2, 0) is 14.8 Å². The van der Waals surface area contributed by atoms with Crippen molar-refractivity contribution in [2.45, 2.75) is 11.8 Å². The van der Waals surface area contributed by atoms with Crippen LogP contribution < -0.4 is 0 Å². The van der Waals surface area contributed by atoms with Crippen LogP contribution in [-0.4, -0.2) is 49.7 Å². The van der Waals surface area contributed by atoms with Crippen molar-refractivity contribution in [1.29, 1.82) is 0 Å². The summed E-state index contributed by atoms with van der Waals surface area (Å²) in [5.74, 6) is -0.0483. The van der Waals surface area contributed by atoms with E-state index >= 15 is 0 Å². The first-order chi connectivity index (χ1) is 9.30. The zero-order chi connectivity index (χ0) is 14.9. The molecule has 1 amide bonds. The number of piperazine rings is 1. The van der Waals surface area contributed by atoms with Crippen LogP contribution in [0.4, 0.5) is 0 Å². The quantitative estimate of drug-likeness (QED) is 0.828. The summed E-state index contributed by atoms with van der Waals surface area (Å²) < 4.78 is 26.3. The van der Waals surface area contributed by atoms with Gasteiger partial charge in [-0.1, -0.05) is 23.2 Å². The lowest BCUT2D eigenvalue weighted by atomic mass is 10.3. The molecule has 2 rings (SSSR count). The molecule has 0 saturated carbocycles. The summed E-state index contributed by atoms with van der Waals surface area (Å²) in [4.78, 5) is 12.9. The lowest BCUT2D eigenvalue weighted by Crippen LogP contribution is -2.49. The SMILES string of the molecule is CC(=O)N1CCN(S(=O)(=O)c2cc(Cl)cc(Cl)c2)CC1. The molecule has 110 valence electrons. The summed E-state index contributed by atoms with van der Waals surface area (Å²) in [6, 6.07) is 4.23. The number of hydrogen-bond donors (Lipinski definition) is 0. The number of sulfonamides is 1. The van der Waals surface area contributed by atoms with Crippen LogP contribution in [0.5, 0.6) is 0 Å². The molecule has 1 heterocycles. The summed E-state index contributed by atoms with van der Waals surface area (Å²) in [5.41, 5.74) is 0. The van der Waals surface area contributed by atoms with E-state index in [2.05, 4.69) is 0 Å². The third kappa shape index (κ3) is 3.25. The van der Waals surface area contributed by atoms with Crippen LogP contribution in [0.25, 0.3) is 0 Å². The predicted octanol–water partition coefficient (Wildman–Crippen LogP) is 1.85. The Morgan fingerprint density at radius 2 is 1.55 bits per heavy atom. The number of nitrogens with zero attached hydrogens (tertiary/aromatic N) is 2. The Hall–Kier alpha value is -0.820. The van der Waals surface area contributed by atoms with Crippen LogP contribution in [0, 0.1) is 0 Å². The van der Waals surface area contributed by atoms with Crippen molar-refractivity contribution in [3.8, 4) is 0 Å². The van der Waals surface area contributed by atoms with Gasteiger partial charge in [0, 0.05) is 43.1 Å². The Morgan fingerprint density at radius 1 is 1.05 bits per heavy atom. The fraction of sp³-hybridized carbons (Fsp3) is 0.417. The molecular weight excluding hydrogens is 323 g/mol. The molecule has 8 heteroatoms. The molecule has 0 atom stereocenters. The first-order valence-electron chi connectivity index (χ1n) is 6.02. The van der Waals surface area contributed by atoms with Gasteiger partial charge in [0.05, 0.1) is 4.90 Å². The van der Waals surface area contributed by atoms with Gasteiger partial charge in [-0.3, -0.25) is 4.79 Å². The Balaban J connectivity index is 2.21. The maximum absolute atomic E-state index is 12.5. The van der Waals surface area contributed by atoms with Gasteiger partial charge in [0.1, 0.15) is 0 Å². The summed E-state index contributed by atoms with van der Waals surface area (Å²) in [5, 5.41) is 0.553. The lowest BCUT2D eigenvalue weighted by molar-refractivity contribution is -0.129. The molecule has 0 bridgehead atoms. The molecule has 1 aliphatic rings. The highest BCUT2D eigenvalue weighted by atomic mass is 35.5. The summed E-state index contributed by atoms with van der Waals surface area (Å²) >= 11 is 11.7. The van der Waals surface area contributed by atoms with Gasteiger partial charge in [0.15, 0.2) is 0 Å². The standard InChI is InChI=1S/C12H14Cl2N2O3S/c1-9(17)15-2-4-16(5-3-15)20(18,19)12-7-10(13)6-11(14)8-12/h6-8H,2-5H2,1H3. The van der Waals surface area contributed by atoms with E-state index in [-0.39, 0.29) is 33.9 Å². The minimum Gasteiger partial charge on any atom is -0.340 e. The van der Waals surface area contributed by atoms with Gasteiger partial charge in [0.2, 0.25) is 15.9 Å². The Morgan fingerprint density at radius 3 is 2.00 bits per heavy atom. The number of benzene rings is 1. The first-order valence-corrected chi connectivity index (χ1v) is 8.22. The predicted molar refractivity (Wildman–Crippen MR) is 77.5 cm³/mol. The van der Waals surface area contributed by atoms with Gasteiger partial charge < -0.3 is 4.90 Å². The van der Waals surface area contributed by atoms with Crippen molar-refractivity contribution >= 4 is 39.1 Å². The van der Waals surface area contributed by atoms with Crippen molar-refractivity contribution in [3.05, 3.63) is 28.2 Å². The molecule has 20 heavy (non-hydrogen) atoms. The number of amides is 1. The van der Waals surface area contributed by atoms with Crippen molar-refractivity contribution < 1.29 is 13.2 Å². The fourth-order valence-corrected chi connectivity index (χ4v) is 4.22. The molecule has 1 aromatic rings. The number of hydrogen-bond acceptors (Lipinski definition) is 3. The normalized spacial score (nSPS) is 17.2. The van der Waals surface area contributed by atoms with Gasteiger partial charge in [0.25, 0.3) is 0 Å². The van der Waals surface area contributed by atoms with E-state index in [1.54, 1.807) is 4.90 Å². The molecule has 0 N–H and O–H groups in total. The monoisotopic (exact) mass is 336 g/mol. The molecule has 5 nitrogen and oxygen atoms in total. The third-order valence-electron chi connectivity index (χ3n) is 3.16. The molecule has 1 aliphatic heterocycles. The van der Waals surface area contributed by atoms with Crippen molar-refractivity contribution in [1.82, 2.24) is 9.21 Å². The van der Waals surface area contributed by atoms with Crippen molar-refractivity contribution in [2.24, 2.45) is 0 Å². The molecule has 1 aromatic carbocycles. The second kappa shape index (κ2) is 5.89. The molecule has 0 radical (unpaired) electrons. The van der Waals surface area contributed by atoms with E-state index in [0.717, 1.165) is 0 Å². The average Bonchev–Trinajstić information content (AvgIpc) is 2.37. The molecule has 1 fully saturated rings. The minimum absolute atomic E-state index is 0.0483. The number of rotatable bonds is 2. The molecule has 0 unspecified atom stereocenters. The highest BCUT2D eigenvalue weighted by Crippen LogP contribution is 2.25. The van der Waals surface area contributed by atoms with Gasteiger partial charge in [-0.25, -0.2) is 8.42 Å². The van der Waals surface area contributed by atoms with E-state index in [9.17, 15) is 13.2 Å². The van der Waals surface area contributed by atoms with Crippen LogP contribution in [0.15, 0.2) is 23.1 Å². The Bertz CT molecular complexity index is 605. The van der Waals surface area contributed by atoms with Crippen molar-refractivity contribution in [2.75, 3.05) is 26.2 Å². The third-order valence-corrected chi connectivity index (χ3v) is 5.47. The topological polar surface area (TPSA) is 57.7 Å². The van der Waals surface area contributed by atoms with Crippen LogP contribution >= 0.6 is 23.2 Å². The zero-order valence-electron chi connectivity index (χ0n) is 10.8. The van der Waals surface area contributed by atoms with Gasteiger partial charge >= 0.3 is 0 Å². The second-order valence-corrected chi connectivity index (χ2v) is 7.33. The molecule has 0 spiro atoms. The van der Waals surface area contributed by atoms with Crippen LogP contribution in [0.3, 0.4) is 0 Å². The minimum atomic E-state index is -3.63. The molecule has 1 saturated heterocycles. The lowest BCUT2D eigenvalue weighted by Gasteiger charge is -2.33. The highest BCUT2D eigenvalue weighted by molar-refractivity contribution is 7.89. The molecule has 0 aromatic heterocycles. The van der Waals surface area contributed by atoms with E-state index in [1.807, 2.05) is 0 Å². The van der Waals surface area contributed by atoms with E-state index in [1.165, 1.54) is 29.4 Å². The Kier molecular flexibility index (Phi) is 4.59. The number of carbonyl (C=O) groups is 1. The summed E-state index contributed by atoms with van der Waals surface area (Å²) in [6.45, 7) is 2.80. The summed E-state index contributed by atoms with van der Waals surface area (Å²) in [6.07, 6.45) is 0. The highest BCUT2D eigenvalue weighted by Gasteiger charge is 2.29. The maximum atomic E-state index is 12.5.